The van der Waals surface area contributed by atoms with E-state index in [1.165, 1.54) is 0 Å². The van der Waals surface area contributed by atoms with Crippen molar-refractivity contribution in [3.05, 3.63) is 108 Å². The van der Waals surface area contributed by atoms with E-state index in [4.69, 9.17) is 17.0 Å². The van der Waals surface area contributed by atoms with Gasteiger partial charge in [0.15, 0.2) is 0 Å². The Bertz CT molecular complexity index is 1110. The molecule has 0 bridgehead atoms. The van der Waals surface area contributed by atoms with E-state index in [1.807, 2.05) is 54.6 Å². The van der Waals surface area contributed by atoms with Gasteiger partial charge in [0.25, 0.3) is 0 Å². The van der Waals surface area contributed by atoms with Crippen LogP contribution >= 0.6 is 12.2 Å². The zero-order chi connectivity index (χ0) is 28.3. The highest BCUT2D eigenvalue weighted by Crippen LogP contribution is 2.42. The fourth-order valence-corrected chi connectivity index (χ4v) is 5.05. The van der Waals surface area contributed by atoms with Crippen molar-refractivity contribution in [2.45, 2.75) is 63.5 Å². The maximum atomic E-state index is 12.1. The Morgan fingerprint density at radius 3 is 1.69 bits per heavy atom. The number of hydrogen-bond donors (Lipinski definition) is 3. The van der Waals surface area contributed by atoms with Gasteiger partial charge in [-0.2, -0.15) is 0 Å². The minimum atomic E-state index is -0.956. The van der Waals surface area contributed by atoms with Gasteiger partial charge in [-0.1, -0.05) is 103 Å². The van der Waals surface area contributed by atoms with Crippen molar-refractivity contribution in [2.75, 3.05) is 6.54 Å². The van der Waals surface area contributed by atoms with Crippen LogP contribution < -0.4 is 10.6 Å². The smallest absolute Gasteiger partial charge is 0.407 e. The minimum Gasteiger partial charge on any atom is -0.480 e. The summed E-state index contributed by atoms with van der Waals surface area (Å²) in [5, 5.41) is 15.8. The molecule has 3 rings (SSSR count). The molecule has 0 aliphatic rings. The molecule has 0 saturated carbocycles. The summed E-state index contributed by atoms with van der Waals surface area (Å²) in [6.45, 7) is 5.83. The summed E-state index contributed by atoms with van der Waals surface area (Å²) in [7, 11) is 0. The van der Waals surface area contributed by atoms with Crippen LogP contribution in [0, 0.1) is 0 Å². The van der Waals surface area contributed by atoms with Gasteiger partial charge in [-0.3, -0.25) is 0 Å². The lowest BCUT2D eigenvalue weighted by molar-refractivity contribution is -0.139. The zero-order valence-electron chi connectivity index (χ0n) is 22.9. The summed E-state index contributed by atoms with van der Waals surface area (Å²) < 4.78 is 5.24. The van der Waals surface area contributed by atoms with Crippen molar-refractivity contribution in [2.24, 2.45) is 0 Å². The van der Waals surface area contributed by atoms with Crippen LogP contribution in [0.2, 0.25) is 0 Å². The fraction of sp³-hybridized carbons (Fsp3) is 0.344. The first kappa shape index (κ1) is 29.8. The first-order chi connectivity index (χ1) is 18.6. The van der Waals surface area contributed by atoms with Gasteiger partial charge in [0, 0.05) is 13.0 Å². The molecule has 39 heavy (non-hydrogen) atoms. The average Bonchev–Trinajstić information content (AvgIpc) is 2.91. The first-order valence-corrected chi connectivity index (χ1v) is 13.7. The van der Waals surface area contributed by atoms with Crippen LogP contribution in [0.25, 0.3) is 0 Å². The lowest BCUT2D eigenvalue weighted by Gasteiger charge is -2.37. The number of carbonyl (C=O) groups is 2. The molecular formula is C32H38N2O4S. The summed E-state index contributed by atoms with van der Waals surface area (Å²) in [5.74, 6) is -0.956. The highest BCUT2D eigenvalue weighted by Gasteiger charge is 2.38. The molecule has 0 saturated heterocycles. The molecule has 0 spiro atoms. The monoisotopic (exact) mass is 546 g/mol. The molecule has 6 nitrogen and oxygen atoms in total. The second-order valence-electron chi connectivity index (χ2n) is 10.6. The Labute approximate surface area is 236 Å². The number of ether oxygens (including phenoxy) is 1. The van der Waals surface area contributed by atoms with Crippen LogP contribution in [0.5, 0.6) is 0 Å². The third-order valence-electron chi connectivity index (χ3n) is 6.45. The number of nitrogens with one attached hydrogen (secondary N) is 2. The van der Waals surface area contributed by atoms with E-state index in [0.717, 1.165) is 16.7 Å². The Balaban J connectivity index is 1.75. The van der Waals surface area contributed by atoms with Gasteiger partial charge in [-0.15, -0.1) is 0 Å². The fourth-order valence-electron chi connectivity index (χ4n) is 4.70. The number of carboxylic acids is 1. The number of rotatable bonds is 12. The molecule has 0 aromatic heterocycles. The summed E-state index contributed by atoms with van der Waals surface area (Å²) >= 11 is 5.84. The minimum absolute atomic E-state index is 0.375. The SMILES string of the molecule is CC(C)(C)OC(=O)NCCCC[C@H](NC(=S)CC(c1ccccc1)(c1ccccc1)c1ccccc1)C(=O)O. The van der Waals surface area contributed by atoms with E-state index in [1.54, 1.807) is 20.8 Å². The van der Waals surface area contributed by atoms with E-state index in [0.29, 0.717) is 37.2 Å². The lowest BCUT2D eigenvalue weighted by Crippen LogP contribution is -2.43. The molecule has 1 atom stereocenters. The summed E-state index contributed by atoms with van der Waals surface area (Å²) in [6.07, 6.45) is 1.53. The van der Waals surface area contributed by atoms with Crippen LogP contribution in [-0.2, 0) is 14.9 Å². The number of alkyl carbamates (subject to hydrolysis) is 1. The number of thiocarbonyl (C=S) groups is 1. The van der Waals surface area contributed by atoms with E-state index in [-0.39, 0.29) is 0 Å². The number of aliphatic carboxylic acids is 1. The van der Waals surface area contributed by atoms with Crippen LogP contribution in [0.4, 0.5) is 4.79 Å². The predicted molar refractivity (Wildman–Crippen MR) is 159 cm³/mol. The first-order valence-electron chi connectivity index (χ1n) is 13.3. The Morgan fingerprint density at radius 1 is 0.821 bits per heavy atom. The van der Waals surface area contributed by atoms with Crippen molar-refractivity contribution in [3.8, 4) is 0 Å². The number of unbranched alkanes of at least 4 members (excludes halogenated alkanes) is 1. The standard InChI is InChI=1S/C32H38N2O4S/c1-31(2,3)38-30(37)33-22-14-13-21-27(29(35)36)34-28(39)23-32(24-15-7-4-8-16-24,25-17-9-5-10-18-25)26-19-11-6-12-20-26/h4-12,15-20,27H,13-14,21-23H2,1-3H3,(H,33,37)(H,34,39)(H,35,36)/t27-/m0/s1. The van der Waals surface area contributed by atoms with Gasteiger partial charge >= 0.3 is 12.1 Å². The van der Waals surface area contributed by atoms with Crippen molar-refractivity contribution < 1.29 is 19.4 Å². The number of amides is 1. The van der Waals surface area contributed by atoms with E-state index in [2.05, 4.69) is 47.0 Å². The molecule has 7 heteroatoms. The second-order valence-corrected chi connectivity index (χ2v) is 11.1. The van der Waals surface area contributed by atoms with Crippen molar-refractivity contribution in [3.63, 3.8) is 0 Å². The quantitative estimate of drug-likeness (QED) is 0.137. The van der Waals surface area contributed by atoms with E-state index >= 15 is 0 Å². The number of benzene rings is 3. The zero-order valence-corrected chi connectivity index (χ0v) is 23.7. The highest BCUT2D eigenvalue weighted by atomic mass is 32.1. The predicted octanol–water partition coefficient (Wildman–Crippen LogP) is 6.48. The van der Waals surface area contributed by atoms with Gasteiger partial charge in [-0.25, -0.2) is 9.59 Å². The van der Waals surface area contributed by atoms with Gasteiger partial charge in [0.2, 0.25) is 0 Å². The largest absolute Gasteiger partial charge is 0.480 e. The Hall–Kier alpha value is -3.71. The molecule has 1 amide bonds. The summed E-state index contributed by atoms with van der Waals surface area (Å²) in [6, 6.07) is 29.7. The molecule has 206 valence electrons. The van der Waals surface area contributed by atoms with Gasteiger partial charge < -0.3 is 20.5 Å². The third kappa shape index (κ3) is 8.65. The third-order valence-corrected chi connectivity index (χ3v) is 6.71. The van der Waals surface area contributed by atoms with Crippen molar-refractivity contribution in [1.29, 1.82) is 0 Å². The van der Waals surface area contributed by atoms with Crippen molar-refractivity contribution in [1.82, 2.24) is 10.6 Å². The van der Waals surface area contributed by atoms with Crippen LogP contribution in [-0.4, -0.2) is 40.3 Å². The van der Waals surface area contributed by atoms with E-state index < -0.39 is 29.1 Å². The van der Waals surface area contributed by atoms with Crippen molar-refractivity contribution >= 4 is 29.3 Å². The molecule has 0 unspecified atom stereocenters. The van der Waals surface area contributed by atoms with Gasteiger partial charge in [-0.05, 0) is 56.7 Å². The molecule has 3 N–H and O–H groups in total. The molecule has 3 aromatic carbocycles. The summed E-state index contributed by atoms with van der Waals surface area (Å²) in [5.41, 5.74) is 2.06. The topological polar surface area (TPSA) is 87.7 Å². The number of carbonyl (C=O) groups excluding carboxylic acids is 1. The highest BCUT2D eigenvalue weighted by molar-refractivity contribution is 7.80. The lowest BCUT2D eigenvalue weighted by atomic mass is 9.67. The number of hydrogen-bond acceptors (Lipinski definition) is 4. The van der Waals surface area contributed by atoms with Gasteiger partial charge in [0.05, 0.1) is 10.4 Å². The normalized spacial score (nSPS) is 12.3. The average molecular weight is 547 g/mol. The molecule has 3 aromatic rings. The van der Waals surface area contributed by atoms with Crippen LogP contribution in [0.3, 0.4) is 0 Å². The molecule has 0 fully saturated rings. The van der Waals surface area contributed by atoms with Crippen LogP contribution in [0.1, 0.15) is 63.1 Å². The number of carboxylic acid groups (broad SMARTS) is 1. The maximum absolute atomic E-state index is 12.1. The summed E-state index contributed by atoms with van der Waals surface area (Å²) in [4.78, 5) is 24.4. The molecule has 0 radical (unpaired) electrons. The Kier molecular flexibility index (Phi) is 10.6. The molecule has 0 aliphatic carbocycles. The van der Waals surface area contributed by atoms with Crippen LogP contribution in [0.15, 0.2) is 91.0 Å². The van der Waals surface area contributed by atoms with E-state index in [9.17, 15) is 14.7 Å². The second kappa shape index (κ2) is 13.9. The van der Waals surface area contributed by atoms with Gasteiger partial charge in [0.1, 0.15) is 11.6 Å². The molecular weight excluding hydrogens is 508 g/mol. The maximum Gasteiger partial charge on any atom is 0.407 e. The molecule has 0 aliphatic heterocycles. The Morgan fingerprint density at radius 2 is 1.28 bits per heavy atom. The molecule has 0 heterocycles.